The van der Waals surface area contributed by atoms with Gasteiger partial charge in [0.15, 0.2) is 0 Å². The second kappa shape index (κ2) is 4.33. The molecule has 0 atom stereocenters. The van der Waals surface area contributed by atoms with Gasteiger partial charge in [0.25, 0.3) is 0 Å². The van der Waals surface area contributed by atoms with Crippen LogP contribution in [0.3, 0.4) is 0 Å². The molecule has 3 rings (SSSR count). The lowest BCUT2D eigenvalue weighted by molar-refractivity contribution is 0.100. The van der Waals surface area contributed by atoms with Gasteiger partial charge in [-0.25, -0.2) is 4.98 Å². The molecule has 6 nitrogen and oxygen atoms in total. The van der Waals surface area contributed by atoms with E-state index in [1.165, 1.54) is 0 Å². The van der Waals surface area contributed by atoms with Crippen molar-refractivity contribution in [3.63, 3.8) is 0 Å². The Morgan fingerprint density at radius 3 is 2.79 bits per heavy atom. The van der Waals surface area contributed by atoms with E-state index in [1.807, 2.05) is 0 Å². The minimum absolute atomic E-state index is 0.285. The highest BCUT2D eigenvalue weighted by Gasteiger charge is 2.09. The lowest BCUT2D eigenvalue weighted by atomic mass is 10.1. The molecule has 0 aliphatic carbocycles. The fraction of sp³-hybridized carbons (Fsp3) is 0. The van der Waals surface area contributed by atoms with Crippen LogP contribution in [0.4, 0.5) is 0 Å². The summed E-state index contributed by atoms with van der Waals surface area (Å²) in [6, 6.07) is 8.57. The number of amides is 1. The standard InChI is InChI=1S/C12H8ClN5O/c13-8-5-6(1-2-7(8)11(14)19)9-3-4-10-12(15-9)17-18-16-10/h1-5H,(H2,14,19)(H,15,16,17,18). The van der Waals surface area contributed by atoms with Crippen LogP contribution < -0.4 is 5.73 Å². The zero-order chi connectivity index (χ0) is 13.4. The fourth-order valence-electron chi connectivity index (χ4n) is 1.77. The number of nitrogens with two attached hydrogens (primary N) is 1. The number of benzene rings is 1. The van der Waals surface area contributed by atoms with Gasteiger partial charge in [0, 0.05) is 5.56 Å². The van der Waals surface area contributed by atoms with Crippen molar-refractivity contribution in [1.82, 2.24) is 20.4 Å². The van der Waals surface area contributed by atoms with Crippen LogP contribution >= 0.6 is 11.6 Å². The van der Waals surface area contributed by atoms with Gasteiger partial charge in [0.05, 0.1) is 16.3 Å². The molecule has 0 bridgehead atoms. The molecule has 19 heavy (non-hydrogen) atoms. The maximum absolute atomic E-state index is 11.1. The number of carbonyl (C=O) groups is 1. The summed E-state index contributed by atoms with van der Waals surface area (Å²) in [6.45, 7) is 0. The fourth-order valence-corrected chi connectivity index (χ4v) is 2.05. The Balaban J connectivity index is 2.10. The number of hydrogen-bond acceptors (Lipinski definition) is 4. The molecule has 2 aromatic heterocycles. The molecule has 2 heterocycles. The molecule has 1 amide bonds. The van der Waals surface area contributed by atoms with E-state index < -0.39 is 5.91 Å². The first-order valence-electron chi connectivity index (χ1n) is 5.42. The number of pyridine rings is 1. The highest BCUT2D eigenvalue weighted by molar-refractivity contribution is 6.34. The molecule has 3 aromatic rings. The summed E-state index contributed by atoms with van der Waals surface area (Å²) in [5.41, 5.74) is 8.16. The average Bonchev–Trinajstić information content (AvgIpc) is 2.85. The van der Waals surface area contributed by atoms with Gasteiger partial charge >= 0.3 is 0 Å². The summed E-state index contributed by atoms with van der Waals surface area (Å²) in [4.78, 5) is 15.5. The first-order valence-corrected chi connectivity index (χ1v) is 5.80. The SMILES string of the molecule is NC(=O)c1ccc(-c2ccc3n[nH]nc3n2)cc1Cl. The summed E-state index contributed by atoms with van der Waals surface area (Å²) in [7, 11) is 0. The molecule has 0 saturated heterocycles. The normalized spacial score (nSPS) is 10.8. The van der Waals surface area contributed by atoms with Gasteiger partial charge in [-0.3, -0.25) is 4.79 Å². The number of carbonyl (C=O) groups excluding carboxylic acids is 1. The highest BCUT2D eigenvalue weighted by atomic mass is 35.5. The average molecular weight is 274 g/mol. The van der Waals surface area contributed by atoms with Crippen LogP contribution in [0.5, 0.6) is 0 Å². The zero-order valence-corrected chi connectivity index (χ0v) is 10.3. The summed E-state index contributed by atoms with van der Waals surface area (Å²) in [6.07, 6.45) is 0. The largest absolute Gasteiger partial charge is 0.366 e. The molecule has 0 radical (unpaired) electrons. The minimum Gasteiger partial charge on any atom is -0.366 e. The number of fused-ring (bicyclic) bond motifs is 1. The van der Waals surface area contributed by atoms with Crippen molar-refractivity contribution in [1.29, 1.82) is 0 Å². The monoisotopic (exact) mass is 273 g/mol. The molecule has 0 aliphatic heterocycles. The Morgan fingerprint density at radius 1 is 1.21 bits per heavy atom. The topological polar surface area (TPSA) is 97.6 Å². The van der Waals surface area contributed by atoms with Gasteiger partial charge in [-0.15, -0.1) is 5.10 Å². The first kappa shape index (κ1) is 11.6. The predicted octanol–water partition coefficient (Wildman–Crippen LogP) is 1.77. The maximum atomic E-state index is 11.1. The molecular weight excluding hydrogens is 266 g/mol. The van der Waals surface area contributed by atoms with Gasteiger partial charge in [-0.05, 0) is 24.3 Å². The van der Waals surface area contributed by atoms with Crippen molar-refractivity contribution in [2.24, 2.45) is 5.73 Å². The highest BCUT2D eigenvalue weighted by Crippen LogP contribution is 2.25. The third-order valence-corrected chi connectivity index (χ3v) is 3.02. The number of nitrogens with zero attached hydrogens (tertiary/aromatic N) is 3. The summed E-state index contributed by atoms with van der Waals surface area (Å²) in [5, 5.41) is 10.6. The molecular formula is C12H8ClN5O. The molecule has 0 fully saturated rings. The van der Waals surface area contributed by atoms with E-state index in [9.17, 15) is 4.79 Å². The molecule has 0 saturated carbocycles. The van der Waals surface area contributed by atoms with Crippen molar-refractivity contribution in [2.75, 3.05) is 0 Å². The van der Waals surface area contributed by atoms with E-state index in [2.05, 4.69) is 20.4 Å². The van der Waals surface area contributed by atoms with Gasteiger partial charge in [-0.1, -0.05) is 17.7 Å². The number of hydrogen-bond donors (Lipinski definition) is 2. The lowest BCUT2D eigenvalue weighted by Crippen LogP contribution is -2.11. The van der Waals surface area contributed by atoms with E-state index in [-0.39, 0.29) is 5.56 Å². The minimum atomic E-state index is -0.559. The van der Waals surface area contributed by atoms with Crippen molar-refractivity contribution in [3.8, 4) is 11.3 Å². The van der Waals surface area contributed by atoms with Crippen LogP contribution in [0.15, 0.2) is 30.3 Å². The molecule has 0 spiro atoms. The lowest BCUT2D eigenvalue weighted by Gasteiger charge is -2.04. The van der Waals surface area contributed by atoms with Gasteiger partial charge in [-0.2, -0.15) is 10.3 Å². The Hall–Kier alpha value is -2.47. The molecule has 3 N–H and O–H groups in total. The third kappa shape index (κ3) is 2.02. The van der Waals surface area contributed by atoms with Crippen molar-refractivity contribution in [3.05, 3.63) is 40.9 Å². The van der Waals surface area contributed by atoms with E-state index in [0.29, 0.717) is 21.9 Å². The van der Waals surface area contributed by atoms with Crippen LogP contribution in [-0.2, 0) is 0 Å². The second-order valence-electron chi connectivity index (χ2n) is 3.92. The Morgan fingerprint density at radius 2 is 2.05 bits per heavy atom. The quantitative estimate of drug-likeness (QED) is 0.743. The first-order chi connectivity index (χ1) is 9.15. The Labute approximate surface area is 112 Å². The van der Waals surface area contributed by atoms with Crippen LogP contribution in [0.2, 0.25) is 5.02 Å². The molecule has 0 unspecified atom stereocenters. The van der Waals surface area contributed by atoms with Gasteiger partial charge in [0.2, 0.25) is 11.6 Å². The second-order valence-corrected chi connectivity index (χ2v) is 4.33. The van der Waals surface area contributed by atoms with Crippen molar-refractivity contribution in [2.45, 2.75) is 0 Å². The molecule has 7 heteroatoms. The number of primary amides is 1. The van der Waals surface area contributed by atoms with Crippen LogP contribution in [0, 0.1) is 0 Å². The van der Waals surface area contributed by atoms with E-state index in [4.69, 9.17) is 17.3 Å². The number of aromatic nitrogens is 4. The zero-order valence-electron chi connectivity index (χ0n) is 9.59. The maximum Gasteiger partial charge on any atom is 0.250 e. The smallest absolute Gasteiger partial charge is 0.250 e. The van der Waals surface area contributed by atoms with Crippen LogP contribution in [0.1, 0.15) is 10.4 Å². The molecule has 94 valence electrons. The van der Waals surface area contributed by atoms with E-state index >= 15 is 0 Å². The Kier molecular flexibility index (Phi) is 2.64. The van der Waals surface area contributed by atoms with Crippen molar-refractivity contribution >= 4 is 28.7 Å². The summed E-state index contributed by atoms with van der Waals surface area (Å²) >= 11 is 6.01. The van der Waals surface area contributed by atoms with Crippen LogP contribution in [-0.4, -0.2) is 26.3 Å². The summed E-state index contributed by atoms with van der Waals surface area (Å²) < 4.78 is 0. The number of H-pyrrole nitrogens is 1. The van der Waals surface area contributed by atoms with Gasteiger partial charge < -0.3 is 5.73 Å². The third-order valence-electron chi connectivity index (χ3n) is 2.71. The number of rotatable bonds is 2. The summed E-state index contributed by atoms with van der Waals surface area (Å²) in [5.74, 6) is -0.559. The number of aromatic amines is 1. The predicted molar refractivity (Wildman–Crippen MR) is 70.6 cm³/mol. The van der Waals surface area contributed by atoms with E-state index in [1.54, 1.807) is 30.3 Å². The number of nitrogens with one attached hydrogen (secondary N) is 1. The molecule has 1 aromatic carbocycles. The number of halogens is 1. The van der Waals surface area contributed by atoms with Crippen molar-refractivity contribution < 1.29 is 4.79 Å². The van der Waals surface area contributed by atoms with Gasteiger partial charge in [0.1, 0.15) is 5.52 Å². The van der Waals surface area contributed by atoms with E-state index in [0.717, 1.165) is 5.56 Å². The Bertz CT molecular complexity index is 783. The molecule has 0 aliphatic rings. The van der Waals surface area contributed by atoms with Crippen LogP contribution in [0.25, 0.3) is 22.4 Å².